The van der Waals surface area contributed by atoms with Crippen LogP contribution in [0.25, 0.3) is 21.7 Å². The molecule has 22 heavy (non-hydrogen) atoms. The van der Waals surface area contributed by atoms with Gasteiger partial charge in [-0.05, 0) is 30.4 Å². The molecule has 0 unspecified atom stereocenters. The van der Waals surface area contributed by atoms with E-state index in [0.29, 0.717) is 0 Å². The van der Waals surface area contributed by atoms with Gasteiger partial charge in [0.05, 0.1) is 5.52 Å². The Labute approximate surface area is 130 Å². The zero-order valence-electron chi connectivity index (χ0n) is 13.0. The zero-order chi connectivity index (χ0) is 15.1. The molecule has 0 saturated carbocycles. The monoisotopic (exact) mass is 285 g/mol. The van der Waals surface area contributed by atoms with Gasteiger partial charge in [-0.2, -0.15) is 0 Å². The second kappa shape index (κ2) is 5.03. The number of aromatic nitrogens is 1. The normalized spacial score (nSPS) is 11.4. The van der Waals surface area contributed by atoms with Crippen LogP contribution in [0.2, 0.25) is 0 Å². The van der Waals surface area contributed by atoms with Crippen molar-refractivity contribution in [3.63, 3.8) is 0 Å². The second-order valence-corrected chi connectivity index (χ2v) is 5.97. The highest BCUT2D eigenvalue weighted by molar-refractivity contribution is 6.07. The molecule has 0 aliphatic carbocycles. The van der Waals surface area contributed by atoms with Gasteiger partial charge in [-0.3, -0.25) is 0 Å². The van der Waals surface area contributed by atoms with E-state index in [2.05, 4.69) is 85.1 Å². The van der Waals surface area contributed by atoms with E-state index in [0.717, 1.165) is 6.54 Å². The van der Waals surface area contributed by atoms with Gasteiger partial charge < -0.3 is 4.57 Å². The highest BCUT2D eigenvalue weighted by atomic mass is 15.0. The van der Waals surface area contributed by atoms with Crippen LogP contribution in [0, 0.1) is 13.8 Å². The van der Waals surface area contributed by atoms with E-state index < -0.39 is 0 Å². The Kier molecular flexibility index (Phi) is 3.00. The summed E-state index contributed by atoms with van der Waals surface area (Å²) in [4.78, 5) is 0. The Hall–Kier alpha value is -2.54. The minimum absolute atomic E-state index is 0.922. The van der Waals surface area contributed by atoms with Crippen LogP contribution in [-0.4, -0.2) is 4.57 Å². The SMILES string of the molecule is Cc1c(C)n(Cc2ccccc2)c2c1ccc1ccccc12. The quantitative estimate of drug-likeness (QED) is 0.461. The van der Waals surface area contributed by atoms with Crippen molar-refractivity contribution in [2.75, 3.05) is 0 Å². The molecule has 4 rings (SSSR count). The van der Waals surface area contributed by atoms with E-state index in [1.165, 1.54) is 38.5 Å². The molecule has 1 heterocycles. The van der Waals surface area contributed by atoms with E-state index in [1.54, 1.807) is 0 Å². The summed E-state index contributed by atoms with van der Waals surface area (Å²) >= 11 is 0. The molecule has 4 aromatic rings. The van der Waals surface area contributed by atoms with Crippen LogP contribution in [0.1, 0.15) is 16.8 Å². The first-order chi connectivity index (χ1) is 10.8. The highest BCUT2D eigenvalue weighted by Crippen LogP contribution is 2.32. The summed E-state index contributed by atoms with van der Waals surface area (Å²) in [7, 11) is 0. The fourth-order valence-corrected chi connectivity index (χ4v) is 3.38. The van der Waals surface area contributed by atoms with Crippen LogP contribution >= 0.6 is 0 Å². The Morgan fingerprint density at radius 1 is 0.727 bits per heavy atom. The first-order valence-corrected chi connectivity index (χ1v) is 7.77. The van der Waals surface area contributed by atoms with E-state index in [1.807, 2.05) is 0 Å². The van der Waals surface area contributed by atoms with Crippen molar-refractivity contribution >= 4 is 21.7 Å². The average molecular weight is 285 g/mol. The Bertz CT molecular complexity index is 961. The predicted octanol–water partition coefficient (Wildman–Crippen LogP) is 5.46. The van der Waals surface area contributed by atoms with Crippen molar-refractivity contribution < 1.29 is 0 Å². The lowest BCUT2D eigenvalue weighted by molar-refractivity contribution is 0.803. The first-order valence-electron chi connectivity index (χ1n) is 7.77. The lowest BCUT2D eigenvalue weighted by Gasteiger charge is -2.10. The van der Waals surface area contributed by atoms with Crippen LogP contribution in [0.3, 0.4) is 0 Å². The van der Waals surface area contributed by atoms with Crippen LogP contribution in [0.15, 0.2) is 66.7 Å². The van der Waals surface area contributed by atoms with Crippen LogP contribution < -0.4 is 0 Å². The summed E-state index contributed by atoms with van der Waals surface area (Å²) in [6.07, 6.45) is 0. The van der Waals surface area contributed by atoms with Crippen LogP contribution in [0.5, 0.6) is 0 Å². The van der Waals surface area contributed by atoms with Crippen molar-refractivity contribution in [3.05, 3.63) is 83.6 Å². The molecule has 0 saturated heterocycles. The summed E-state index contributed by atoms with van der Waals surface area (Å²) in [5, 5.41) is 4.01. The maximum absolute atomic E-state index is 2.46. The number of benzene rings is 3. The Morgan fingerprint density at radius 3 is 2.27 bits per heavy atom. The molecule has 0 radical (unpaired) electrons. The molecule has 0 fully saturated rings. The third kappa shape index (κ3) is 1.93. The topological polar surface area (TPSA) is 4.93 Å². The maximum Gasteiger partial charge on any atom is 0.0568 e. The van der Waals surface area contributed by atoms with Gasteiger partial charge in [-0.15, -0.1) is 0 Å². The molecule has 0 atom stereocenters. The minimum atomic E-state index is 0.922. The molecule has 0 N–H and O–H groups in total. The van der Waals surface area contributed by atoms with E-state index in [4.69, 9.17) is 0 Å². The average Bonchev–Trinajstić information content (AvgIpc) is 2.81. The van der Waals surface area contributed by atoms with Crippen LogP contribution in [-0.2, 0) is 6.54 Å². The smallest absolute Gasteiger partial charge is 0.0568 e. The second-order valence-electron chi connectivity index (χ2n) is 5.97. The lowest BCUT2D eigenvalue weighted by atomic mass is 10.1. The van der Waals surface area contributed by atoms with Gasteiger partial charge in [0.15, 0.2) is 0 Å². The van der Waals surface area contributed by atoms with Gasteiger partial charge in [-0.1, -0.05) is 66.7 Å². The molecule has 0 amide bonds. The molecule has 1 nitrogen and oxygen atoms in total. The molecular formula is C21H19N. The molecule has 0 aliphatic rings. The molecule has 1 aromatic heterocycles. The fraction of sp³-hybridized carbons (Fsp3) is 0.143. The Morgan fingerprint density at radius 2 is 1.45 bits per heavy atom. The molecule has 0 aliphatic heterocycles. The molecular weight excluding hydrogens is 266 g/mol. The third-order valence-corrected chi connectivity index (χ3v) is 4.71. The predicted molar refractivity (Wildman–Crippen MR) is 94.5 cm³/mol. The lowest BCUT2D eigenvalue weighted by Crippen LogP contribution is -2.02. The summed E-state index contributed by atoms with van der Waals surface area (Å²) < 4.78 is 2.46. The third-order valence-electron chi connectivity index (χ3n) is 4.71. The van der Waals surface area contributed by atoms with Crippen molar-refractivity contribution in [1.29, 1.82) is 0 Å². The molecule has 3 aromatic carbocycles. The standard InChI is InChI=1S/C21H19N/c1-15-16(2)22(14-17-8-4-3-5-9-17)21-19(15)13-12-18-10-6-7-11-20(18)21/h3-13H,14H2,1-2H3. The number of rotatable bonds is 2. The van der Waals surface area contributed by atoms with Gasteiger partial charge in [0, 0.05) is 23.0 Å². The Balaban J connectivity index is 2.04. The van der Waals surface area contributed by atoms with Crippen LogP contribution in [0.4, 0.5) is 0 Å². The van der Waals surface area contributed by atoms with E-state index in [-0.39, 0.29) is 0 Å². The summed E-state index contributed by atoms with van der Waals surface area (Å²) in [5.74, 6) is 0. The molecule has 0 bridgehead atoms. The van der Waals surface area contributed by atoms with Crippen molar-refractivity contribution in [2.24, 2.45) is 0 Å². The van der Waals surface area contributed by atoms with Gasteiger partial charge in [-0.25, -0.2) is 0 Å². The molecule has 1 heteroatoms. The highest BCUT2D eigenvalue weighted by Gasteiger charge is 2.13. The minimum Gasteiger partial charge on any atom is -0.340 e. The summed E-state index contributed by atoms with van der Waals surface area (Å²) in [6.45, 7) is 5.38. The van der Waals surface area contributed by atoms with E-state index >= 15 is 0 Å². The van der Waals surface area contributed by atoms with Gasteiger partial charge in [0.2, 0.25) is 0 Å². The first kappa shape index (κ1) is 13.1. The van der Waals surface area contributed by atoms with Crippen molar-refractivity contribution in [2.45, 2.75) is 20.4 Å². The summed E-state index contributed by atoms with van der Waals surface area (Å²) in [6, 6.07) is 23.9. The van der Waals surface area contributed by atoms with Gasteiger partial charge in [0.25, 0.3) is 0 Å². The number of fused-ring (bicyclic) bond motifs is 3. The number of aryl methyl sites for hydroxylation is 1. The number of nitrogens with zero attached hydrogens (tertiary/aromatic N) is 1. The number of hydrogen-bond acceptors (Lipinski definition) is 0. The van der Waals surface area contributed by atoms with Gasteiger partial charge >= 0.3 is 0 Å². The largest absolute Gasteiger partial charge is 0.340 e. The number of hydrogen-bond donors (Lipinski definition) is 0. The van der Waals surface area contributed by atoms with Crippen molar-refractivity contribution in [1.82, 2.24) is 4.57 Å². The molecule has 0 spiro atoms. The summed E-state index contributed by atoms with van der Waals surface area (Å²) in [5.41, 5.74) is 5.44. The van der Waals surface area contributed by atoms with Crippen molar-refractivity contribution in [3.8, 4) is 0 Å². The van der Waals surface area contributed by atoms with E-state index in [9.17, 15) is 0 Å². The maximum atomic E-state index is 2.46. The fourth-order valence-electron chi connectivity index (χ4n) is 3.38. The zero-order valence-corrected chi connectivity index (χ0v) is 13.0. The molecule has 108 valence electrons. The van der Waals surface area contributed by atoms with Gasteiger partial charge in [0.1, 0.15) is 0 Å².